The number of carbonyl (C=O) groups is 2. The predicted octanol–water partition coefficient (Wildman–Crippen LogP) is 1.13. The van der Waals surface area contributed by atoms with E-state index in [-0.39, 0.29) is 12.5 Å². The lowest BCUT2D eigenvalue weighted by Crippen LogP contribution is -2.35. The standard InChI is InChI=1S/C10H13NO4/c1-3-11(5-9(12)13)10(14)8-4-7(2)15-6-8/h4,6H,3,5H2,1-2H3,(H,12,13). The van der Waals surface area contributed by atoms with Crippen LogP contribution in [0.1, 0.15) is 23.0 Å². The van der Waals surface area contributed by atoms with Crippen molar-refractivity contribution in [2.75, 3.05) is 13.1 Å². The first kappa shape index (κ1) is 11.3. The molecule has 1 rings (SSSR count). The van der Waals surface area contributed by atoms with Crippen LogP contribution >= 0.6 is 0 Å². The minimum Gasteiger partial charge on any atom is -0.480 e. The first-order valence-corrected chi connectivity index (χ1v) is 4.60. The van der Waals surface area contributed by atoms with Gasteiger partial charge in [-0.25, -0.2) is 0 Å². The number of furan rings is 1. The summed E-state index contributed by atoms with van der Waals surface area (Å²) in [6.45, 7) is 3.52. The third-order valence-electron chi connectivity index (χ3n) is 1.97. The molecule has 0 radical (unpaired) electrons. The molecular formula is C10H13NO4. The van der Waals surface area contributed by atoms with Crippen LogP contribution in [0.25, 0.3) is 0 Å². The van der Waals surface area contributed by atoms with Gasteiger partial charge in [0.25, 0.3) is 5.91 Å². The van der Waals surface area contributed by atoms with Gasteiger partial charge in [0, 0.05) is 6.54 Å². The van der Waals surface area contributed by atoms with Crippen LogP contribution in [0.15, 0.2) is 16.7 Å². The van der Waals surface area contributed by atoms with Crippen LogP contribution in [0.3, 0.4) is 0 Å². The Morgan fingerprint density at radius 1 is 1.53 bits per heavy atom. The summed E-state index contributed by atoms with van der Waals surface area (Å²) in [5, 5.41) is 8.60. The van der Waals surface area contributed by atoms with Crippen LogP contribution in [0.2, 0.25) is 0 Å². The van der Waals surface area contributed by atoms with Crippen LogP contribution in [0.4, 0.5) is 0 Å². The molecule has 0 fully saturated rings. The zero-order valence-corrected chi connectivity index (χ0v) is 8.69. The predicted molar refractivity (Wildman–Crippen MR) is 52.7 cm³/mol. The number of aliphatic carboxylic acids is 1. The topological polar surface area (TPSA) is 70.8 Å². The molecule has 0 saturated heterocycles. The lowest BCUT2D eigenvalue weighted by atomic mass is 10.2. The Labute approximate surface area is 87.3 Å². The Morgan fingerprint density at radius 2 is 2.20 bits per heavy atom. The van der Waals surface area contributed by atoms with Crippen LogP contribution in [-0.4, -0.2) is 35.0 Å². The number of aryl methyl sites for hydroxylation is 1. The summed E-state index contributed by atoms with van der Waals surface area (Å²) in [6, 6.07) is 1.59. The van der Waals surface area contributed by atoms with Gasteiger partial charge in [-0.1, -0.05) is 0 Å². The van der Waals surface area contributed by atoms with Crippen molar-refractivity contribution in [2.24, 2.45) is 0 Å². The maximum Gasteiger partial charge on any atom is 0.323 e. The lowest BCUT2D eigenvalue weighted by molar-refractivity contribution is -0.137. The van der Waals surface area contributed by atoms with Gasteiger partial charge in [0.15, 0.2) is 0 Å². The molecular weight excluding hydrogens is 198 g/mol. The number of carboxylic acids is 1. The number of carboxylic acid groups (broad SMARTS) is 1. The molecule has 0 aliphatic heterocycles. The number of rotatable bonds is 4. The quantitative estimate of drug-likeness (QED) is 0.810. The monoisotopic (exact) mass is 211 g/mol. The number of hydrogen-bond acceptors (Lipinski definition) is 3. The molecule has 5 heteroatoms. The Balaban J connectivity index is 2.77. The minimum atomic E-state index is -1.02. The smallest absolute Gasteiger partial charge is 0.323 e. The second kappa shape index (κ2) is 4.63. The van der Waals surface area contributed by atoms with E-state index in [1.807, 2.05) is 0 Å². The Hall–Kier alpha value is -1.78. The van der Waals surface area contributed by atoms with Gasteiger partial charge in [-0.05, 0) is 19.9 Å². The highest BCUT2D eigenvalue weighted by Crippen LogP contribution is 2.09. The number of nitrogens with zero attached hydrogens (tertiary/aromatic N) is 1. The molecule has 15 heavy (non-hydrogen) atoms. The van der Waals surface area contributed by atoms with Crippen LogP contribution in [-0.2, 0) is 4.79 Å². The fraction of sp³-hybridized carbons (Fsp3) is 0.400. The zero-order chi connectivity index (χ0) is 11.4. The summed E-state index contributed by atoms with van der Waals surface area (Å²) < 4.78 is 4.99. The van der Waals surface area contributed by atoms with E-state index in [9.17, 15) is 9.59 Å². The van der Waals surface area contributed by atoms with Crippen molar-refractivity contribution >= 4 is 11.9 Å². The van der Waals surface area contributed by atoms with Gasteiger partial charge in [0.05, 0.1) is 5.56 Å². The molecule has 0 atom stereocenters. The van der Waals surface area contributed by atoms with E-state index in [2.05, 4.69) is 0 Å². The second-order valence-electron chi connectivity index (χ2n) is 3.16. The van der Waals surface area contributed by atoms with Gasteiger partial charge in [-0.2, -0.15) is 0 Å². The molecule has 82 valence electrons. The molecule has 1 N–H and O–H groups in total. The minimum absolute atomic E-state index is 0.292. The maximum absolute atomic E-state index is 11.7. The highest BCUT2D eigenvalue weighted by Gasteiger charge is 2.18. The molecule has 5 nitrogen and oxygen atoms in total. The van der Waals surface area contributed by atoms with Crippen molar-refractivity contribution in [1.82, 2.24) is 4.90 Å². The summed E-state index contributed by atoms with van der Waals surface area (Å²) in [6.07, 6.45) is 1.34. The van der Waals surface area contributed by atoms with E-state index in [4.69, 9.17) is 9.52 Å². The fourth-order valence-corrected chi connectivity index (χ4v) is 1.23. The second-order valence-corrected chi connectivity index (χ2v) is 3.16. The third kappa shape index (κ3) is 2.83. The molecule has 0 spiro atoms. The fourth-order valence-electron chi connectivity index (χ4n) is 1.23. The molecule has 0 aliphatic rings. The molecule has 1 aromatic rings. The van der Waals surface area contributed by atoms with Gasteiger partial charge in [-0.3, -0.25) is 9.59 Å². The Bertz CT molecular complexity index is 369. The summed E-state index contributed by atoms with van der Waals surface area (Å²) in [5.41, 5.74) is 0.385. The normalized spacial score (nSPS) is 10.0. The van der Waals surface area contributed by atoms with Crippen molar-refractivity contribution < 1.29 is 19.1 Å². The maximum atomic E-state index is 11.7. The number of likely N-dealkylation sites (N-methyl/N-ethyl adjacent to an activating group) is 1. The molecule has 1 aromatic heterocycles. The van der Waals surface area contributed by atoms with Crippen molar-refractivity contribution in [3.8, 4) is 0 Å². The van der Waals surface area contributed by atoms with Crippen molar-refractivity contribution in [1.29, 1.82) is 0 Å². The number of carbonyl (C=O) groups excluding carboxylic acids is 1. The van der Waals surface area contributed by atoms with Gasteiger partial charge in [-0.15, -0.1) is 0 Å². The van der Waals surface area contributed by atoms with Crippen molar-refractivity contribution in [3.63, 3.8) is 0 Å². The molecule has 1 amide bonds. The molecule has 0 aromatic carbocycles. The van der Waals surface area contributed by atoms with Crippen LogP contribution in [0, 0.1) is 6.92 Å². The summed E-state index contributed by atoms with van der Waals surface area (Å²) in [5.74, 6) is -0.716. The summed E-state index contributed by atoms with van der Waals surface area (Å²) >= 11 is 0. The van der Waals surface area contributed by atoms with Crippen molar-refractivity contribution in [2.45, 2.75) is 13.8 Å². The lowest BCUT2D eigenvalue weighted by Gasteiger charge is -2.17. The zero-order valence-electron chi connectivity index (χ0n) is 8.69. The number of hydrogen-bond donors (Lipinski definition) is 1. The highest BCUT2D eigenvalue weighted by atomic mass is 16.4. The molecule has 0 bridgehead atoms. The molecule has 1 heterocycles. The van der Waals surface area contributed by atoms with Crippen LogP contribution in [0.5, 0.6) is 0 Å². The molecule has 0 aliphatic carbocycles. The first-order chi connectivity index (χ1) is 7.04. The van der Waals surface area contributed by atoms with Gasteiger partial charge < -0.3 is 14.4 Å². The van der Waals surface area contributed by atoms with Gasteiger partial charge >= 0.3 is 5.97 Å². The molecule has 0 saturated carbocycles. The third-order valence-corrected chi connectivity index (χ3v) is 1.97. The van der Waals surface area contributed by atoms with Crippen LogP contribution < -0.4 is 0 Å². The van der Waals surface area contributed by atoms with E-state index in [1.54, 1.807) is 19.9 Å². The Kier molecular flexibility index (Phi) is 3.49. The summed E-state index contributed by atoms with van der Waals surface area (Å²) in [7, 11) is 0. The largest absolute Gasteiger partial charge is 0.480 e. The number of amides is 1. The van der Waals surface area contributed by atoms with E-state index in [0.717, 1.165) is 0 Å². The Morgan fingerprint density at radius 3 is 2.60 bits per heavy atom. The molecule has 0 unspecified atom stereocenters. The van der Waals surface area contributed by atoms with E-state index in [0.29, 0.717) is 17.9 Å². The highest BCUT2D eigenvalue weighted by molar-refractivity contribution is 5.95. The average molecular weight is 211 g/mol. The van der Waals surface area contributed by atoms with E-state index < -0.39 is 5.97 Å². The van der Waals surface area contributed by atoms with Gasteiger partial charge in [0.2, 0.25) is 0 Å². The van der Waals surface area contributed by atoms with E-state index >= 15 is 0 Å². The SMILES string of the molecule is CCN(CC(=O)O)C(=O)c1coc(C)c1. The van der Waals surface area contributed by atoms with Gasteiger partial charge in [0.1, 0.15) is 18.6 Å². The average Bonchev–Trinajstić information content (AvgIpc) is 2.60. The van der Waals surface area contributed by atoms with Crippen molar-refractivity contribution in [3.05, 3.63) is 23.7 Å². The summed E-state index contributed by atoms with van der Waals surface area (Å²) in [4.78, 5) is 23.5. The first-order valence-electron chi connectivity index (χ1n) is 4.60. The van der Waals surface area contributed by atoms with E-state index in [1.165, 1.54) is 11.2 Å².